The van der Waals surface area contributed by atoms with Gasteiger partial charge >= 0.3 is 5.97 Å². The SMILES string of the molecule is CC(C(=O)O)n1cc(-c2ccccc2)nn1. The third kappa shape index (κ3) is 1.93. The lowest BCUT2D eigenvalue weighted by atomic mass is 10.2. The van der Waals surface area contributed by atoms with E-state index in [2.05, 4.69) is 10.3 Å². The number of carbonyl (C=O) groups is 1. The van der Waals surface area contributed by atoms with E-state index in [0.29, 0.717) is 5.69 Å². The van der Waals surface area contributed by atoms with Crippen LogP contribution in [-0.4, -0.2) is 26.1 Å². The van der Waals surface area contributed by atoms with Gasteiger partial charge in [-0.25, -0.2) is 9.48 Å². The molecule has 0 aliphatic heterocycles. The van der Waals surface area contributed by atoms with Crippen molar-refractivity contribution in [1.29, 1.82) is 0 Å². The lowest BCUT2D eigenvalue weighted by Gasteiger charge is -2.03. The first kappa shape index (κ1) is 10.4. The van der Waals surface area contributed by atoms with Crippen LogP contribution in [0.4, 0.5) is 0 Å². The molecule has 82 valence electrons. The first-order valence-corrected chi connectivity index (χ1v) is 4.88. The van der Waals surface area contributed by atoms with Gasteiger partial charge in [0.25, 0.3) is 0 Å². The van der Waals surface area contributed by atoms with Crippen molar-refractivity contribution < 1.29 is 9.90 Å². The summed E-state index contributed by atoms with van der Waals surface area (Å²) in [5, 5.41) is 16.6. The van der Waals surface area contributed by atoms with Crippen LogP contribution in [0.5, 0.6) is 0 Å². The van der Waals surface area contributed by atoms with Crippen LogP contribution in [0.3, 0.4) is 0 Å². The second kappa shape index (κ2) is 4.14. The van der Waals surface area contributed by atoms with Crippen molar-refractivity contribution in [3.05, 3.63) is 36.5 Å². The van der Waals surface area contributed by atoms with Gasteiger partial charge in [0.15, 0.2) is 0 Å². The van der Waals surface area contributed by atoms with E-state index in [1.807, 2.05) is 30.3 Å². The van der Waals surface area contributed by atoms with Crippen LogP contribution in [-0.2, 0) is 4.79 Å². The molecule has 1 aromatic heterocycles. The van der Waals surface area contributed by atoms with E-state index < -0.39 is 12.0 Å². The fraction of sp³-hybridized carbons (Fsp3) is 0.182. The molecule has 0 saturated carbocycles. The first-order chi connectivity index (χ1) is 7.68. The maximum absolute atomic E-state index is 10.8. The van der Waals surface area contributed by atoms with Crippen molar-refractivity contribution >= 4 is 5.97 Å². The topological polar surface area (TPSA) is 68.0 Å². The summed E-state index contributed by atoms with van der Waals surface area (Å²) in [5.41, 5.74) is 1.60. The van der Waals surface area contributed by atoms with E-state index in [4.69, 9.17) is 5.11 Å². The van der Waals surface area contributed by atoms with Gasteiger partial charge in [0.1, 0.15) is 11.7 Å². The second-order valence-corrected chi connectivity index (χ2v) is 3.46. The van der Waals surface area contributed by atoms with Crippen molar-refractivity contribution in [2.24, 2.45) is 0 Å². The molecule has 2 aromatic rings. The molecule has 5 heteroatoms. The number of benzene rings is 1. The fourth-order valence-corrected chi connectivity index (χ4v) is 1.32. The zero-order chi connectivity index (χ0) is 11.5. The highest BCUT2D eigenvalue weighted by Gasteiger charge is 2.15. The van der Waals surface area contributed by atoms with Crippen LogP contribution in [0.25, 0.3) is 11.3 Å². The summed E-state index contributed by atoms with van der Waals surface area (Å²) in [4.78, 5) is 10.8. The van der Waals surface area contributed by atoms with Gasteiger partial charge in [0, 0.05) is 5.56 Å². The number of rotatable bonds is 3. The molecule has 0 saturated heterocycles. The Morgan fingerprint density at radius 3 is 2.69 bits per heavy atom. The molecule has 0 spiro atoms. The Kier molecular flexibility index (Phi) is 2.68. The number of hydrogen-bond acceptors (Lipinski definition) is 3. The molecule has 16 heavy (non-hydrogen) atoms. The Bertz CT molecular complexity index is 493. The smallest absolute Gasteiger partial charge is 0.328 e. The predicted molar refractivity (Wildman–Crippen MR) is 57.8 cm³/mol. The molecule has 1 atom stereocenters. The summed E-state index contributed by atoms with van der Waals surface area (Å²) < 4.78 is 1.34. The monoisotopic (exact) mass is 217 g/mol. The Morgan fingerprint density at radius 1 is 1.38 bits per heavy atom. The lowest BCUT2D eigenvalue weighted by molar-refractivity contribution is -0.140. The third-order valence-electron chi connectivity index (χ3n) is 2.33. The third-order valence-corrected chi connectivity index (χ3v) is 2.33. The summed E-state index contributed by atoms with van der Waals surface area (Å²) in [7, 11) is 0. The van der Waals surface area contributed by atoms with Crippen LogP contribution in [0.2, 0.25) is 0 Å². The molecule has 0 amide bonds. The van der Waals surface area contributed by atoms with Crippen molar-refractivity contribution in [3.63, 3.8) is 0 Å². The zero-order valence-corrected chi connectivity index (χ0v) is 8.74. The van der Waals surface area contributed by atoms with E-state index in [1.54, 1.807) is 13.1 Å². The standard InChI is InChI=1S/C11H11N3O2/c1-8(11(15)16)14-7-10(12-13-14)9-5-3-2-4-6-9/h2-8H,1H3,(H,15,16). The van der Waals surface area contributed by atoms with E-state index in [0.717, 1.165) is 5.56 Å². The number of carboxylic acid groups (broad SMARTS) is 1. The molecule has 0 fully saturated rings. The number of nitrogens with zero attached hydrogens (tertiary/aromatic N) is 3. The van der Waals surface area contributed by atoms with Crippen LogP contribution in [0.15, 0.2) is 36.5 Å². The Balaban J connectivity index is 2.30. The summed E-state index contributed by atoms with van der Waals surface area (Å²) in [6.45, 7) is 1.56. The molecule has 0 aliphatic rings. The molecule has 5 nitrogen and oxygen atoms in total. The summed E-state index contributed by atoms with van der Waals surface area (Å²) in [6.07, 6.45) is 1.63. The van der Waals surface area contributed by atoms with E-state index >= 15 is 0 Å². The van der Waals surface area contributed by atoms with Crippen LogP contribution < -0.4 is 0 Å². The average Bonchev–Trinajstić information content (AvgIpc) is 2.78. The first-order valence-electron chi connectivity index (χ1n) is 4.88. The van der Waals surface area contributed by atoms with E-state index in [9.17, 15) is 4.79 Å². The molecule has 0 aliphatic carbocycles. The molecule has 1 heterocycles. The molecule has 1 unspecified atom stereocenters. The van der Waals surface area contributed by atoms with E-state index in [-0.39, 0.29) is 0 Å². The fourth-order valence-electron chi connectivity index (χ4n) is 1.32. The number of carboxylic acids is 1. The highest BCUT2D eigenvalue weighted by atomic mass is 16.4. The summed E-state index contributed by atoms with van der Waals surface area (Å²) in [5.74, 6) is -0.926. The highest BCUT2D eigenvalue weighted by molar-refractivity contribution is 5.71. The molecule has 0 bridgehead atoms. The highest BCUT2D eigenvalue weighted by Crippen LogP contribution is 2.16. The largest absolute Gasteiger partial charge is 0.480 e. The van der Waals surface area contributed by atoms with Gasteiger partial charge < -0.3 is 5.11 Å². The van der Waals surface area contributed by atoms with Gasteiger partial charge in [-0.05, 0) is 6.92 Å². The van der Waals surface area contributed by atoms with E-state index in [1.165, 1.54) is 4.68 Å². The predicted octanol–water partition coefficient (Wildman–Crippen LogP) is 1.59. The molecule has 1 N–H and O–H groups in total. The van der Waals surface area contributed by atoms with Crippen LogP contribution in [0, 0.1) is 0 Å². The van der Waals surface area contributed by atoms with Gasteiger partial charge in [-0.3, -0.25) is 0 Å². The van der Waals surface area contributed by atoms with Crippen molar-refractivity contribution in [1.82, 2.24) is 15.0 Å². The summed E-state index contributed by atoms with van der Waals surface area (Å²) in [6, 6.07) is 8.81. The second-order valence-electron chi connectivity index (χ2n) is 3.46. The minimum atomic E-state index is -0.926. The molecule has 0 radical (unpaired) electrons. The van der Waals surface area contributed by atoms with Gasteiger partial charge in [0.05, 0.1) is 6.20 Å². The van der Waals surface area contributed by atoms with Gasteiger partial charge in [0.2, 0.25) is 0 Å². The molecular weight excluding hydrogens is 206 g/mol. The summed E-state index contributed by atoms with van der Waals surface area (Å²) >= 11 is 0. The maximum Gasteiger partial charge on any atom is 0.328 e. The Hall–Kier alpha value is -2.17. The van der Waals surface area contributed by atoms with Crippen LogP contribution in [0.1, 0.15) is 13.0 Å². The Labute approximate surface area is 92.3 Å². The minimum Gasteiger partial charge on any atom is -0.480 e. The maximum atomic E-state index is 10.8. The zero-order valence-electron chi connectivity index (χ0n) is 8.74. The molecule has 1 aromatic carbocycles. The van der Waals surface area contributed by atoms with Gasteiger partial charge in [-0.2, -0.15) is 0 Å². The Morgan fingerprint density at radius 2 is 2.06 bits per heavy atom. The van der Waals surface area contributed by atoms with Crippen molar-refractivity contribution in [2.45, 2.75) is 13.0 Å². The molecular formula is C11H11N3O2. The van der Waals surface area contributed by atoms with Crippen LogP contribution >= 0.6 is 0 Å². The average molecular weight is 217 g/mol. The number of aromatic nitrogens is 3. The van der Waals surface area contributed by atoms with Crippen molar-refractivity contribution in [2.75, 3.05) is 0 Å². The van der Waals surface area contributed by atoms with Gasteiger partial charge in [-0.1, -0.05) is 35.5 Å². The minimum absolute atomic E-state index is 0.675. The van der Waals surface area contributed by atoms with Crippen molar-refractivity contribution in [3.8, 4) is 11.3 Å². The van der Waals surface area contributed by atoms with Gasteiger partial charge in [-0.15, -0.1) is 5.10 Å². The number of aliphatic carboxylic acids is 1. The lowest BCUT2D eigenvalue weighted by Crippen LogP contribution is -2.15. The number of hydrogen-bond donors (Lipinski definition) is 1. The molecule has 2 rings (SSSR count). The normalized spacial score (nSPS) is 12.3. The quantitative estimate of drug-likeness (QED) is 0.847.